The minimum atomic E-state index is -3.20. The highest BCUT2D eigenvalue weighted by Gasteiger charge is 2.25. The van der Waals surface area contributed by atoms with Crippen LogP contribution in [0.25, 0.3) is 11.1 Å². The largest absolute Gasteiger partial charge is 0.367 e. The summed E-state index contributed by atoms with van der Waals surface area (Å²) >= 11 is 0. The molecule has 0 radical (unpaired) electrons. The summed E-state index contributed by atoms with van der Waals surface area (Å²) in [6, 6.07) is 18.8. The standard InChI is InChI=1S/C28H33N5O3S/c1-31-13-15-32(16-14-31)17-18-37(35,36)21-22-7-9-23(10-8-22)25-19-26-27(30-20-25)29-11-12-33(26)28(34)24-5-3-2-4-6-24/h2-10,19-20H,11-18,21H2,1H3,(H,29,30). The Morgan fingerprint density at radius 2 is 1.68 bits per heavy atom. The van der Waals surface area contributed by atoms with Gasteiger partial charge >= 0.3 is 0 Å². The molecule has 9 heteroatoms. The van der Waals surface area contributed by atoms with E-state index in [2.05, 4.69) is 27.1 Å². The molecule has 1 saturated heterocycles. The van der Waals surface area contributed by atoms with Crippen molar-refractivity contribution in [2.24, 2.45) is 0 Å². The van der Waals surface area contributed by atoms with Crippen molar-refractivity contribution in [3.05, 3.63) is 78.0 Å². The van der Waals surface area contributed by atoms with E-state index in [1.165, 1.54) is 0 Å². The first-order valence-electron chi connectivity index (χ1n) is 12.7. The number of nitrogens with zero attached hydrogens (tertiary/aromatic N) is 4. The number of nitrogens with one attached hydrogen (secondary N) is 1. The molecule has 1 N–H and O–H groups in total. The van der Waals surface area contributed by atoms with Gasteiger partial charge in [0, 0.05) is 63.1 Å². The summed E-state index contributed by atoms with van der Waals surface area (Å²) < 4.78 is 25.5. The smallest absolute Gasteiger partial charge is 0.258 e. The first kappa shape index (κ1) is 25.4. The number of hydrogen-bond acceptors (Lipinski definition) is 7. The second-order valence-electron chi connectivity index (χ2n) is 9.78. The van der Waals surface area contributed by atoms with Crippen LogP contribution in [0, 0.1) is 0 Å². The van der Waals surface area contributed by atoms with Crippen LogP contribution in [-0.2, 0) is 15.6 Å². The molecule has 0 aliphatic carbocycles. The molecular weight excluding hydrogens is 486 g/mol. The number of benzene rings is 2. The molecule has 3 heterocycles. The van der Waals surface area contributed by atoms with Crippen molar-refractivity contribution in [1.82, 2.24) is 14.8 Å². The lowest BCUT2D eigenvalue weighted by Crippen LogP contribution is -2.45. The van der Waals surface area contributed by atoms with Crippen LogP contribution in [0.1, 0.15) is 15.9 Å². The molecule has 0 unspecified atom stereocenters. The molecule has 2 aliphatic heterocycles. The molecule has 37 heavy (non-hydrogen) atoms. The summed E-state index contributed by atoms with van der Waals surface area (Å²) in [5, 5.41) is 3.27. The van der Waals surface area contributed by atoms with Gasteiger partial charge in [0.05, 0.1) is 17.2 Å². The number of carbonyl (C=O) groups is 1. The highest BCUT2D eigenvalue weighted by atomic mass is 32.2. The van der Waals surface area contributed by atoms with E-state index in [0.717, 1.165) is 48.6 Å². The van der Waals surface area contributed by atoms with Crippen LogP contribution in [0.5, 0.6) is 0 Å². The highest BCUT2D eigenvalue weighted by Crippen LogP contribution is 2.33. The minimum Gasteiger partial charge on any atom is -0.367 e. The number of piperazine rings is 1. The zero-order valence-electron chi connectivity index (χ0n) is 21.1. The summed E-state index contributed by atoms with van der Waals surface area (Å²) in [5.41, 5.74) is 3.95. The SMILES string of the molecule is CN1CCN(CCS(=O)(=O)Cc2ccc(-c3cnc4c(c3)N(C(=O)c3ccccc3)CCN4)cc2)CC1. The van der Waals surface area contributed by atoms with Crippen LogP contribution < -0.4 is 10.2 Å². The van der Waals surface area contributed by atoms with Crippen LogP contribution in [0.2, 0.25) is 0 Å². The molecule has 2 aliphatic rings. The van der Waals surface area contributed by atoms with Crippen molar-refractivity contribution in [3.63, 3.8) is 0 Å². The van der Waals surface area contributed by atoms with E-state index in [9.17, 15) is 13.2 Å². The average Bonchev–Trinajstić information content (AvgIpc) is 2.92. The van der Waals surface area contributed by atoms with Gasteiger partial charge in [0.15, 0.2) is 9.84 Å². The molecule has 8 nitrogen and oxygen atoms in total. The minimum absolute atomic E-state index is 0.0345. The number of amides is 1. The zero-order valence-corrected chi connectivity index (χ0v) is 22.0. The lowest BCUT2D eigenvalue weighted by atomic mass is 10.0. The molecule has 1 fully saturated rings. The Morgan fingerprint density at radius 3 is 2.41 bits per heavy atom. The van der Waals surface area contributed by atoms with Gasteiger partial charge in [-0.2, -0.15) is 0 Å². The summed E-state index contributed by atoms with van der Waals surface area (Å²) in [5.74, 6) is 0.833. The Balaban J connectivity index is 1.27. The lowest BCUT2D eigenvalue weighted by molar-refractivity contribution is 0.0987. The maximum Gasteiger partial charge on any atom is 0.258 e. The molecule has 0 spiro atoms. The van der Waals surface area contributed by atoms with Gasteiger partial charge in [-0.15, -0.1) is 0 Å². The molecule has 3 aromatic rings. The monoisotopic (exact) mass is 519 g/mol. The van der Waals surface area contributed by atoms with Crippen molar-refractivity contribution in [2.45, 2.75) is 5.75 Å². The quantitative estimate of drug-likeness (QED) is 0.514. The van der Waals surface area contributed by atoms with Gasteiger partial charge in [-0.25, -0.2) is 13.4 Å². The van der Waals surface area contributed by atoms with Crippen LogP contribution in [0.15, 0.2) is 66.9 Å². The molecule has 0 saturated carbocycles. The van der Waals surface area contributed by atoms with Gasteiger partial charge in [-0.1, -0.05) is 42.5 Å². The van der Waals surface area contributed by atoms with E-state index in [0.29, 0.717) is 31.0 Å². The van der Waals surface area contributed by atoms with E-state index in [4.69, 9.17) is 0 Å². The van der Waals surface area contributed by atoms with E-state index < -0.39 is 9.84 Å². The number of anilines is 2. The molecule has 194 valence electrons. The van der Waals surface area contributed by atoms with Gasteiger partial charge in [0.2, 0.25) is 0 Å². The van der Waals surface area contributed by atoms with Crippen LogP contribution in [0.4, 0.5) is 11.5 Å². The topological polar surface area (TPSA) is 85.9 Å². The second kappa shape index (κ2) is 11.0. The van der Waals surface area contributed by atoms with Crippen molar-refractivity contribution in [2.75, 3.05) is 68.8 Å². The fourth-order valence-electron chi connectivity index (χ4n) is 4.77. The van der Waals surface area contributed by atoms with E-state index in [-0.39, 0.29) is 17.4 Å². The normalized spacial score (nSPS) is 16.7. The van der Waals surface area contributed by atoms with Crippen LogP contribution in [0.3, 0.4) is 0 Å². The predicted molar refractivity (Wildman–Crippen MR) is 148 cm³/mol. The Hall–Kier alpha value is -3.27. The maximum atomic E-state index is 13.2. The Kier molecular flexibility index (Phi) is 7.55. The van der Waals surface area contributed by atoms with Gasteiger partial charge in [0.1, 0.15) is 5.82 Å². The summed E-state index contributed by atoms with van der Waals surface area (Å²) in [7, 11) is -1.11. The molecule has 5 rings (SSSR count). The zero-order chi connectivity index (χ0) is 25.8. The number of likely N-dealkylation sites (N-methyl/N-ethyl adjacent to an activating group) is 1. The van der Waals surface area contributed by atoms with Crippen molar-refractivity contribution < 1.29 is 13.2 Å². The summed E-state index contributed by atoms with van der Waals surface area (Å²) in [6.07, 6.45) is 1.78. The van der Waals surface area contributed by atoms with Gasteiger partial charge in [0.25, 0.3) is 5.91 Å². The number of rotatable bonds is 7. The third-order valence-corrected chi connectivity index (χ3v) is 8.62. The molecular formula is C28H33N5O3S. The number of hydrogen-bond donors (Lipinski definition) is 1. The van der Waals surface area contributed by atoms with Crippen LogP contribution in [-0.4, -0.2) is 87.7 Å². The van der Waals surface area contributed by atoms with E-state index in [1.54, 1.807) is 11.1 Å². The Morgan fingerprint density at radius 1 is 0.946 bits per heavy atom. The first-order valence-corrected chi connectivity index (χ1v) is 14.5. The van der Waals surface area contributed by atoms with Gasteiger partial charge in [-0.3, -0.25) is 9.69 Å². The number of aromatic nitrogens is 1. The molecule has 0 bridgehead atoms. The van der Waals surface area contributed by atoms with Crippen LogP contribution >= 0.6 is 0 Å². The molecule has 1 amide bonds. The molecule has 0 atom stereocenters. The highest BCUT2D eigenvalue weighted by molar-refractivity contribution is 7.90. The second-order valence-corrected chi connectivity index (χ2v) is 12.0. The first-order chi connectivity index (χ1) is 17.9. The Labute approximate surface area is 218 Å². The molecule has 2 aromatic carbocycles. The van der Waals surface area contributed by atoms with Crippen molar-refractivity contribution in [3.8, 4) is 11.1 Å². The van der Waals surface area contributed by atoms with E-state index >= 15 is 0 Å². The lowest BCUT2D eigenvalue weighted by Gasteiger charge is -2.32. The van der Waals surface area contributed by atoms with Gasteiger partial charge < -0.3 is 15.1 Å². The third-order valence-electron chi connectivity index (χ3n) is 7.04. The van der Waals surface area contributed by atoms with Gasteiger partial charge in [-0.05, 0) is 36.4 Å². The van der Waals surface area contributed by atoms with Crippen molar-refractivity contribution in [1.29, 1.82) is 0 Å². The average molecular weight is 520 g/mol. The number of fused-ring (bicyclic) bond motifs is 1. The van der Waals surface area contributed by atoms with E-state index in [1.807, 2.05) is 60.7 Å². The Bertz CT molecular complexity index is 1340. The van der Waals surface area contributed by atoms with Crippen molar-refractivity contribution >= 4 is 27.2 Å². The number of carbonyl (C=O) groups excluding carboxylic acids is 1. The number of sulfone groups is 1. The maximum absolute atomic E-state index is 13.2. The third kappa shape index (κ3) is 6.18. The molecule has 1 aromatic heterocycles. The summed E-state index contributed by atoms with van der Waals surface area (Å²) in [4.78, 5) is 24.0. The summed E-state index contributed by atoms with van der Waals surface area (Å²) in [6.45, 7) is 5.56. The fourth-order valence-corrected chi connectivity index (χ4v) is 6.15. The fraction of sp³-hybridized carbons (Fsp3) is 0.357. The number of pyridine rings is 1. The predicted octanol–water partition coefficient (Wildman–Crippen LogP) is 2.98.